The van der Waals surface area contributed by atoms with E-state index in [0.717, 1.165) is 0 Å². The normalized spacial score (nSPS) is 9.42. The molecule has 0 atom stereocenters. The molecular formula is C9H9O3. The molecule has 0 aliphatic carbocycles. The van der Waals surface area contributed by atoms with E-state index in [0.29, 0.717) is 0 Å². The first kappa shape index (κ1) is 8.59. The maximum absolute atomic E-state index is 11.0. The molecular weight excluding hydrogens is 156 g/mol. The molecule has 0 unspecified atom stereocenters. The first-order valence-corrected chi connectivity index (χ1v) is 3.69. The van der Waals surface area contributed by atoms with Gasteiger partial charge in [-0.15, -0.1) is 0 Å². The van der Waals surface area contributed by atoms with Crippen molar-refractivity contribution >= 4 is 5.97 Å². The van der Waals surface area contributed by atoms with E-state index in [4.69, 9.17) is 0 Å². The van der Waals surface area contributed by atoms with Crippen LogP contribution in [0.2, 0.25) is 0 Å². The summed E-state index contributed by atoms with van der Waals surface area (Å²) >= 11 is 0. The van der Waals surface area contributed by atoms with Crippen LogP contribution in [0.1, 0.15) is 17.3 Å². The van der Waals surface area contributed by atoms with Crippen LogP contribution in [0.3, 0.4) is 0 Å². The van der Waals surface area contributed by atoms with Gasteiger partial charge in [0.2, 0.25) is 0 Å². The number of ether oxygens (including phenoxy) is 1. The molecule has 1 radical (unpaired) electrons. The summed E-state index contributed by atoms with van der Waals surface area (Å²) in [5.74, 6) is -0.848. The Morgan fingerprint density at radius 3 is 2.67 bits per heavy atom. The molecule has 0 spiro atoms. The SMILES string of the molecule is CCOC(=O)c1ccccc1[O]. The van der Waals surface area contributed by atoms with Crippen LogP contribution < -0.4 is 0 Å². The smallest absolute Gasteiger partial charge is 0.342 e. The second kappa shape index (κ2) is 3.76. The minimum absolute atomic E-state index is 0.0966. The fraction of sp³-hybridized carbons (Fsp3) is 0.222. The van der Waals surface area contributed by atoms with Gasteiger partial charge in [0.1, 0.15) is 5.56 Å². The summed E-state index contributed by atoms with van der Waals surface area (Å²) in [6, 6.07) is 6.02. The van der Waals surface area contributed by atoms with Crippen molar-refractivity contribution in [1.29, 1.82) is 0 Å². The van der Waals surface area contributed by atoms with Gasteiger partial charge in [0.05, 0.1) is 6.61 Å². The second-order valence-electron chi connectivity index (χ2n) is 2.22. The molecule has 0 bridgehead atoms. The van der Waals surface area contributed by atoms with Crippen LogP contribution in [-0.4, -0.2) is 12.6 Å². The summed E-state index contributed by atoms with van der Waals surface area (Å²) in [6.07, 6.45) is 0. The summed E-state index contributed by atoms with van der Waals surface area (Å²) in [4.78, 5) is 11.0. The van der Waals surface area contributed by atoms with E-state index >= 15 is 0 Å². The molecule has 0 aliphatic rings. The average molecular weight is 165 g/mol. The van der Waals surface area contributed by atoms with E-state index in [9.17, 15) is 9.90 Å². The lowest BCUT2D eigenvalue weighted by atomic mass is 10.2. The summed E-state index contributed by atoms with van der Waals surface area (Å²) in [5, 5.41) is 11.0. The highest BCUT2D eigenvalue weighted by atomic mass is 16.5. The van der Waals surface area contributed by atoms with Gasteiger partial charge in [-0.3, -0.25) is 5.11 Å². The third-order valence-electron chi connectivity index (χ3n) is 1.38. The van der Waals surface area contributed by atoms with Crippen molar-refractivity contribution in [2.75, 3.05) is 6.61 Å². The zero-order valence-corrected chi connectivity index (χ0v) is 6.74. The van der Waals surface area contributed by atoms with Crippen LogP contribution in [0, 0.1) is 0 Å². The molecule has 12 heavy (non-hydrogen) atoms. The molecule has 1 aromatic rings. The van der Waals surface area contributed by atoms with Gasteiger partial charge in [-0.2, -0.15) is 0 Å². The van der Waals surface area contributed by atoms with Crippen LogP contribution >= 0.6 is 0 Å². The highest BCUT2D eigenvalue weighted by Gasteiger charge is 2.11. The Hall–Kier alpha value is -1.51. The lowest BCUT2D eigenvalue weighted by Crippen LogP contribution is -2.04. The summed E-state index contributed by atoms with van der Waals surface area (Å²) in [5.41, 5.74) is 0.0966. The molecule has 3 nitrogen and oxygen atoms in total. The predicted octanol–water partition coefficient (Wildman–Crippen LogP) is 2.01. The molecule has 63 valence electrons. The third-order valence-corrected chi connectivity index (χ3v) is 1.38. The molecule has 0 heterocycles. The van der Waals surface area contributed by atoms with Crippen LogP contribution in [0.25, 0.3) is 0 Å². The Morgan fingerprint density at radius 1 is 1.42 bits per heavy atom. The average Bonchev–Trinajstić information content (AvgIpc) is 2.05. The molecule has 1 aromatic carbocycles. The van der Waals surface area contributed by atoms with Gasteiger partial charge in [0, 0.05) is 0 Å². The summed E-state index contributed by atoms with van der Waals surface area (Å²) < 4.78 is 4.67. The minimum atomic E-state index is -0.553. The monoisotopic (exact) mass is 165 g/mol. The van der Waals surface area contributed by atoms with Crippen LogP contribution in [0.15, 0.2) is 24.3 Å². The number of hydrogen-bond donors (Lipinski definition) is 0. The molecule has 0 aromatic heterocycles. The predicted molar refractivity (Wildman–Crippen MR) is 42.5 cm³/mol. The quantitative estimate of drug-likeness (QED) is 0.629. The van der Waals surface area contributed by atoms with Crippen molar-refractivity contribution in [3.05, 3.63) is 29.8 Å². The lowest BCUT2D eigenvalue weighted by Gasteiger charge is -2.00. The highest BCUT2D eigenvalue weighted by molar-refractivity contribution is 5.92. The number of rotatable bonds is 2. The van der Waals surface area contributed by atoms with E-state index in [1.165, 1.54) is 12.1 Å². The van der Waals surface area contributed by atoms with Gasteiger partial charge in [-0.1, -0.05) is 12.1 Å². The molecule has 1 rings (SSSR count). The molecule has 0 N–H and O–H groups in total. The van der Waals surface area contributed by atoms with Crippen molar-refractivity contribution < 1.29 is 14.6 Å². The molecule has 0 amide bonds. The zero-order chi connectivity index (χ0) is 8.97. The number of carbonyl (C=O) groups is 1. The molecule has 0 fully saturated rings. The Bertz CT molecular complexity index is 281. The fourth-order valence-electron chi connectivity index (χ4n) is 0.844. The van der Waals surface area contributed by atoms with Crippen molar-refractivity contribution in [3.63, 3.8) is 0 Å². The van der Waals surface area contributed by atoms with Crippen LogP contribution in [0.5, 0.6) is 5.75 Å². The minimum Gasteiger partial charge on any atom is -0.462 e. The maximum Gasteiger partial charge on any atom is 0.342 e. The fourth-order valence-corrected chi connectivity index (χ4v) is 0.844. The standard InChI is InChI=1S/C9H9O3/c1-2-12-9(11)7-5-3-4-6-8(7)10/h3-6H,2H2,1H3. The Kier molecular flexibility index (Phi) is 2.69. The van der Waals surface area contributed by atoms with E-state index in [1.807, 2.05) is 0 Å². The van der Waals surface area contributed by atoms with E-state index < -0.39 is 5.97 Å². The molecule has 3 heteroatoms. The third kappa shape index (κ3) is 1.75. The van der Waals surface area contributed by atoms with Crippen molar-refractivity contribution in [3.8, 4) is 5.75 Å². The second-order valence-corrected chi connectivity index (χ2v) is 2.22. The topological polar surface area (TPSA) is 46.2 Å². The number of esters is 1. The summed E-state index contributed by atoms with van der Waals surface area (Å²) in [7, 11) is 0. The van der Waals surface area contributed by atoms with Crippen molar-refractivity contribution in [2.24, 2.45) is 0 Å². The van der Waals surface area contributed by atoms with Crippen molar-refractivity contribution in [1.82, 2.24) is 0 Å². The van der Waals surface area contributed by atoms with Gasteiger partial charge >= 0.3 is 5.97 Å². The van der Waals surface area contributed by atoms with Gasteiger partial charge in [0.15, 0.2) is 5.75 Å². The number of carbonyl (C=O) groups excluding carboxylic acids is 1. The summed E-state index contributed by atoms with van der Waals surface area (Å²) in [6.45, 7) is 1.98. The van der Waals surface area contributed by atoms with Crippen LogP contribution in [0.4, 0.5) is 0 Å². The highest BCUT2D eigenvalue weighted by Crippen LogP contribution is 2.16. The van der Waals surface area contributed by atoms with Gasteiger partial charge in [0.25, 0.3) is 0 Å². The number of hydrogen-bond acceptors (Lipinski definition) is 2. The first-order valence-electron chi connectivity index (χ1n) is 3.69. The molecule has 0 aliphatic heterocycles. The largest absolute Gasteiger partial charge is 0.462 e. The zero-order valence-electron chi connectivity index (χ0n) is 6.74. The number of benzene rings is 1. The maximum atomic E-state index is 11.0. The van der Waals surface area contributed by atoms with Gasteiger partial charge in [-0.05, 0) is 19.1 Å². The number of para-hydroxylation sites is 1. The Labute approximate surface area is 70.6 Å². The van der Waals surface area contributed by atoms with Crippen molar-refractivity contribution in [2.45, 2.75) is 6.92 Å². The van der Waals surface area contributed by atoms with Crippen LogP contribution in [-0.2, 0) is 9.84 Å². The first-order chi connectivity index (χ1) is 5.75. The Morgan fingerprint density at radius 2 is 2.08 bits per heavy atom. The van der Waals surface area contributed by atoms with Gasteiger partial charge < -0.3 is 4.74 Å². The molecule has 0 saturated carbocycles. The lowest BCUT2D eigenvalue weighted by molar-refractivity contribution is 0.0521. The van der Waals surface area contributed by atoms with E-state index in [2.05, 4.69) is 4.74 Å². The van der Waals surface area contributed by atoms with E-state index in [-0.39, 0.29) is 17.9 Å². The van der Waals surface area contributed by atoms with E-state index in [1.54, 1.807) is 19.1 Å². The Balaban J connectivity index is 2.87. The van der Waals surface area contributed by atoms with Gasteiger partial charge in [-0.25, -0.2) is 4.79 Å². The molecule has 0 saturated heterocycles.